The number of hydrogen-bond donors (Lipinski definition) is 1. The lowest BCUT2D eigenvalue weighted by atomic mass is 9.93. The average Bonchev–Trinajstić information content (AvgIpc) is 2.25. The summed E-state index contributed by atoms with van der Waals surface area (Å²) in [4.78, 5) is 11.3. The number of rotatable bonds is 4. The minimum atomic E-state index is -0.277. The first-order valence-corrected chi connectivity index (χ1v) is 5.82. The van der Waals surface area contributed by atoms with Crippen molar-refractivity contribution in [3.63, 3.8) is 0 Å². The van der Waals surface area contributed by atoms with Gasteiger partial charge in [0.05, 0.1) is 6.61 Å². The van der Waals surface area contributed by atoms with Gasteiger partial charge in [-0.05, 0) is 24.8 Å². The molecule has 0 radical (unpaired) electrons. The number of nitrogens with one attached hydrogen (secondary N) is 1. The Morgan fingerprint density at radius 2 is 2.06 bits per heavy atom. The van der Waals surface area contributed by atoms with Crippen molar-refractivity contribution in [1.82, 2.24) is 5.32 Å². The summed E-state index contributed by atoms with van der Waals surface area (Å²) < 4.78 is 5.10. The van der Waals surface area contributed by atoms with Gasteiger partial charge in [0, 0.05) is 12.5 Å². The molecule has 0 aromatic heterocycles. The second kappa shape index (κ2) is 5.54. The maximum atomic E-state index is 11.3. The Bertz CT molecular complexity index is 333. The summed E-state index contributed by atoms with van der Waals surface area (Å²) in [6.45, 7) is 0.447. The molecule has 1 aliphatic carbocycles. The first-order valence-electron chi connectivity index (χ1n) is 5.82. The summed E-state index contributed by atoms with van der Waals surface area (Å²) in [7, 11) is 0. The number of ether oxygens (including phenoxy) is 1. The smallest absolute Gasteiger partial charge is 0.407 e. The van der Waals surface area contributed by atoms with E-state index in [1.165, 1.54) is 12.0 Å². The number of carbonyl (C=O) groups is 1. The highest BCUT2D eigenvalue weighted by molar-refractivity contribution is 5.67. The number of amides is 1. The Morgan fingerprint density at radius 3 is 2.69 bits per heavy atom. The number of benzene rings is 1. The molecule has 1 N–H and O–H groups in total. The second-order valence-corrected chi connectivity index (χ2v) is 4.14. The summed E-state index contributed by atoms with van der Waals surface area (Å²) in [5.41, 5.74) is 1.19. The third-order valence-corrected chi connectivity index (χ3v) is 2.89. The van der Waals surface area contributed by atoms with E-state index in [9.17, 15) is 4.79 Å². The first kappa shape index (κ1) is 11.0. The summed E-state index contributed by atoms with van der Waals surface area (Å²) >= 11 is 0. The molecule has 0 spiro atoms. The van der Waals surface area contributed by atoms with Gasteiger partial charge in [-0.1, -0.05) is 30.3 Å². The molecular weight excluding hydrogens is 202 g/mol. The minimum absolute atomic E-state index is 0.277. The van der Waals surface area contributed by atoms with E-state index in [4.69, 9.17) is 4.74 Å². The van der Waals surface area contributed by atoms with Crippen molar-refractivity contribution in [2.24, 2.45) is 0 Å². The molecule has 1 fully saturated rings. The Labute approximate surface area is 95.8 Å². The van der Waals surface area contributed by atoms with Gasteiger partial charge in [0.25, 0.3) is 0 Å². The van der Waals surface area contributed by atoms with E-state index in [1.807, 2.05) is 30.3 Å². The third-order valence-electron chi connectivity index (χ3n) is 2.89. The molecule has 0 aliphatic heterocycles. The lowest BCUT2D eigenvalue weighted by molar-refractivity contribution is 0.137. The van der Waals surface area contributed by atoms with Crippen LogP contribution in [-0.2, 0) is 11.2 Å². The van der Waals surface area contributed by atoms with Crippen LogP contribution >= 0.6 is 0 Å². The van der Waals surface area contributed by atoms with E-state index < -0.39 is 0 Å². The zero-order valence-corrected chi connectivity index (χ0v) is 9.32. The van der Waals surface area contributed by atoms with Gasteiger partial charge in [-0.3, -0.25) is 0 Å². The van der Waals surface area contributed by atoms with Crippen LogP contribution in [0.15, 0.2) is 30.3 Å². The van der Waals surface area contributed by atoms with Crippen LogP contribution in [0.3, 0.4) is 0 Å². The van der Waals surface area contributed by atoms with Gasteiger partial charge in [0.2, 0.25) is 0 Å². The lowest BCUT2D eigenvalue weighted by Gasteiger charge is -2.25. The molecular formula is C13H17NO2. The summed E-state index contributed by atoms with van der Waals surface area (Å²) in [5.74, 6) is 0. The SMILES string of the molecule is O=C(NC1CCC1)OCCc1ccccc1. The van der Waals surface area contributed by atoms with Gasteiger partial charge >= 0.3 is 6.09 Å². The molecule has 0 saturated heterocycles. The van der Waals surface area contributed by atoms with E-state index in [0.29, 0.717) is 12.6 Å². The monoisotopic (exact) mass is 219 g/mol. The highest BCUT2D eigenvalue weighted by Crippen LogP contribution is 2.17. The Hall–Kier alpha value is -1.51. The molecule has 2 rings (SSSR count). The topological polar surface area (TPSA) is 38.3 Å². The molecule has 0 heterocycles. The van der Waals surface area contributed by atoms with Crippen molar-refractivity contribution in [3.05, 3.63) is 35.9 Å². The molecule has 86 valence electrons. The molecule has 1 aromatic carbocycles. The summed E-state index contributed by atoms with van der Waals surface area (Å²) in [6.07, 6.45) is 3.90. The third kappa shape index (κ3) is 3.26. The summed E-state index contributed by atoms with van der Waals surface area (Å²) in [6, 6.07) is 10.4. The highest BCUT2D eigenvalue weighted by Gasteiger charge is 2.19. The molecule has 3 heteroatoms. The van der Waals surface area contributed by atoms with Crippen LogP contribution in [0, 0.1) is 0 Å². The minimum Gasteiger partial charge on any atom is -0.449 e. The highest BCUT2D eigenvalue weighted by atomic mass is 16.5. The van der Waals surface area contributed by atoms with Gasteiger partial charge in [-0.2, -0.15) is 0 Å². The standard InChI is InChI=1S/C13H17NO2/c15-13(14-12-7-4-8-12)16-10-9-11-5-2-1-3-6-11/h1-3,5-6,12H,4,7-10H2,(H,14,15). The van der Waals surface area contributed by atoms with E-state index in [0.717, 1.165) is 19.3 Å². The van der Waals surface area contributed by atoms with Crippen LogP contribution in [-0.4, -0.2) is 18.7 Å². The quantitative estimate of drug-likeness (QED) is 0.845. The molecule has 0 bridgehead atoms. The fourth-order valence-electron chi connectivity index (χ4n) is 1.67. The van der Waals surface area contributed by atoms with Crippen LogP contribution in [0.2, 0.25) is 0 Å². The van der Waals surface area contributed by atoms with Crippen molar-refractivity contribution < 1.29 is 9.53 Å². The average molecular weight is 219 g/mol. The lowest BCUT2D eigenvalue weighted by Crippen LogP contribution is -2.39. The molecule has 1 aliphatic rings. The number of carbonyl (C=O) groups excluding carboxylic acids is 1. The molecule has 16 heavy (non-hydrogen) atoms. The van der Waals surface area contributed by atoms with Crippen molar-refractivity contribution in [1.29, 1.82) is 0 Å². The maximum Gasteiger partial charge on any atom is 0.407 e. The van der Waals surface area contributed by atoms with Crippen molar-refractivity contribution >= 4 is 6.09 Å². The van der Waals surface area contributed by atoms with Gasteiger partial charge in [-0.25, -0.2) is 4.79 Å². The van der Waals surface area contributed by atoms with Crippen LogP contribution in [0.1, 0.15) is 24.8 Å². The van der Waals surface area contributed by atoms with E-state index in [1.54, 1.807) is 0 Å². The zero-order valence-electron chi connectivity index (χ0n) is 9.32. The molecule has 1 aromatic rings. The maximum absolute atomic E-state index is 11.3. The van der Waals surface area contributed by atoms with Crippen LogP contribution in [0.25, 0.3) is 0 Å². The molecule has 1 saturated carbocycles. The van der Waals surface area contributed by atoms with E-state index in [2.05, 4.69) is 5.32 Å². The first-order chi connectivity index (χ1) is 7.84. The predicted octanol–water partition coefficient (Wildman–Crippen LogP) is 2.51. The van der Waals surface area contributed by atoms with Gasteiger partial charge < -0.3 is 10.1 Å². The van der Waals surface area contributed by atoms with Crippen molar-refractivity contribution in [3.8, 4) is 0 Å². The predicted molar refractivity (Wildman–Crippen MR) is 62.3 cm³/mol. The fraction of sp³-hybridized carbons (Fsp3) is 0.462. The molecule has 1 amide bonds. The fourth-order valence-corrected chi connectivity index (χ4v) is 1.67. The molecule has 0 atom stereocenters. The zero-order chi connectivity index (χ0) is 11.2. The normalized spacial score (nSPS) is 15.2. The molecule has 0 unspecified atom stereocenters. The largest absolute Gasteiger partial charge is 0.449 e. The van der Waals surface area contributed by atoms with Crippen LogP contribution in [0.5, 0.6) is 0 Å². The van der Waals surface area contributed by atoms with Crippen molar-refractivity contribution in [2.45, 2.75) is 31.7 Å². The van der Waals surface area contributed by atoms with E-state index in [-0.39, 0.29) is 6.09 Å². The van der Waals surface area contributed by atoms with Crippen molar-refractivity contribution in [2.75, 3.05) is 6.61 Å². The Balaban J connectivity index is 1.62. The summed E-state index contributed by atoms with van der Waals surface area (Å²) in [5, 5.41) is 2.84. The van der Waals surface area contributed by atoms with Crippen LogP contribution in [0.4, 0.5) is 4.79 Å². The number of hydrogen-bond acceptors (Lipinski definition) is 2. The van der Waals surface area contributed by atoms with E-state index >= 15 is 0 Å². The molecule has 3 nitrogen and oxygen atoms in total. The Kier molecular flexibility index (Phi) is 3.81. The Morgan fingerprint density at radius 1 is 1.31 bits per heavy atom. The second-order valence-electron chi connectivity index (χ2n) is 4.14. The van der Waals surface area contributed by atoms with Gasteiger partial charge in [0.1, 0.15) is 0 Å². The van der Waals surface area contributed by atoms with Crippen LogP contribution < -0.4 is 5.32 Å². The van der Waals surface area contributed by atoms with Gasteiger partial charge in [0.15, 0.2) is 0 Å². The number of alkyl carbamates (subject to hydrolysis) is 1. The van der Waals surface area contributed by atoms with Gasteiger partial charge in [-0.15, -0.1) is 0 Å².